The lowest BCUT2D eigenvalue weighted by Gasteiger charge is -2.25. The molecule has 1 aliphatic carbocycles. The highest BCUT2D eigenvalue weighted by atomic mass is 35.5. The van der Waals surface area contributed by atoms with Gasteiger partial charge in [0.15, 0.2) is 0 Å². The van der Waals surface area contributed by atoms with Gasteiger partial charge < -0.3 is 4.74 Å². The van der Waals surface area contributed by atoms with Crippen molar-refractivity contribution in [1.29, 1.82) is 0 Å². The van der Waals surface area contributed by atoms with Crippen LogP contribution < -0.4 is 0 Å². The van der Waals surface area contributed by atoms with E-state index in [9.17, 15) is 14.9 Å². The number of benzene rings is 1. The standard InChI is InChI=1S/C11H10ClNO4/c12-7-4-5-10(13(15)16)9(6-7)11(14)17-8-2-1-3-8/h4-6,8H,1-3H2. The predicted octanol–water partition coefficient (Wildman–Crippen LogP) is 2.96. The van der Waals surface area contributed by atoms with Gasteiger partial charge in [-0.25, -0.2) is 4.79 Å². The Morgan fingerprint density at radius 2 is 2.18 bits per heavy atom. The molecule has 0 atom stereocenters. The van der Waals surface area contributed by atoms with Gasteiger partial charge in [-0.1, -0.05) is 11.6 Å². The van der Waals surface area contributed by atoms with E-state index in [1.807, 2.05) is 0 Å². The molecule has 6 heteroatoms. The number of hydrogen-bond acceptors (Lipinski definition) is 4. The van der Waals surface area contributed by atoms with Crippen LogP contribution in [0.1, 0.15) is 29.6 Å². The van der Waals surface area contributed by atoms with Crippen LogP contribution in [-0.2, 0) is 4.74 Å². The average molecular weight is 256 g/mol. The number of rotatable bonds is 3. The molecule has 0 amide bonds. The maximum Gasteiger partial charge on any atom is 0.345 e. The summed E-state index contributed by atoms with van der Waals surface area (Å²) in [6.45, 7) is 0. The Labute approximate surface area is 102 Å². The van der Waals surface area contributed by atoms with Crippen LogP contribution in [0, 0.1) is 10.1 Å². The second-order valence-electron chi connectivity index (χ2n) is 3.88. The molecule has 1 aromatic rings. The Balaban J connectivity index is 2.25. The molecule has 17 heavy (non-hydrogen) atoms. The first-order valence-corrected chi connectivity index (χ1v) is 5.60. The highest BCUT2D eigenvalue weighted by Crippen LogP contribution is 2.27. The highest BCUT2D eigenvalue weighted by Gasteiger charge is 2.27. The lowest BCUT2D eigenvalue weighted by Crippen LogP contribution is -2.25. The third-order valence-electron chi connectivity index (χ3n) is 2.70. The van der Waals surface area contributed by atoms with Crippen molar-refractivity contribution in [2.45, 2.75) is 25.4 Å². The normalized spacial score (nSPS) is 15.1. The molecule has 0 saturated heterocycles. The van der Waals surface area contributed by atoms with Gasteiger partial charge in [-0.15, -0.1) is 0 Å². The predicted molar refractivity (Wildman–Crippen MR) is 61.2 cm³/mol. The number of hydrogen-bond donors (Lipinski definition) is 0. The van der Waals surface area contributed by atoms with Crippen LogP contribution in [0.5, 0.6) is 0 Å². The number of nitro groups is 1. The highest BCUT2D eigenvalue weighted by molar-refractivity contribution is 6.31. The van der Waals surface area contributed by atoms with Crippen molar-refractivity contribution in [1.82, 2.24) is 0 Å². The Kier molecular flexibility index (Phi) is 3.28. The van der Waals surface area contributed by atoms with Crippen LogP contribution in [0.25, 0.3) is 0 Å². The molecule has 0 aliphatic heterocycles. The largest absolute Gasteiger partial charge is 0.459 e. The molecule has 0 unspecified atom stereocenters. The molecule has 0 bridgehead atoms. The summed E-state index contributed by atoms with van der Waals surface area (Å²) in [5.41, 5.74) is -0.367. The zero-order chi connectivity index (χ0) is 12.4. The van der Waals surface area contributed by atoms with Gasteiger partial charge in [0.25, 0.3) is 5.69 Å². The molecule has 0 spiro atoms. The van der Waals surface area contributed by atoms with Crippen LogP contribution in [-0.4, -0.2) is 17.0 Å². The van der Waals surface area contributed by atoms with Crippen LogP contribution in [0.15, 0.2) is 18.2 Å². The van der Waals surface area contributed by atoms with E-state index in [1.165, 1.54) is 18.2 Å². The second kappa shape index (κ2) is 4.71. The van der Waals surface area contributed by atoms with Gasteiger partial charge in [-0.3, -0.25) is 10.1 Å². The summed E-state index contributed by atoms with van der Waals surface area (Å²) in [6, 6.07) is 3.85. The summed E-state index contributed by atoms with van der Waals surface area (Å²) >= 11 is 5.72. The third kappa shape index (κ3) is 2.55. The van der Waals surface area contributed by atoms with E-state index in [-0.39, 0.29) is 22.4 Å². The molecule has 1 fully saturated rings. The lowest BCUT2D eigenvalue weighted by molar-refractivity contribution is -0.385. The van der Waals surface area contributed by atoms with E-state index >= 15 is 0 Å². The SMILES string of the molecule is O=C(OC1CCC1)c1cc(Cl)ccc1[N+](=O)[O-]. The van der Waals surface area contributed by atoms with E-state index in [2.05, 4.69) is 0 Å². The molecule has 0 aromatic heterocycles. The van der Waals surface area contributed by atoms with Crippen molar-refractivity contribution >= 4 is 23.3 Å². The minimum Gasteiger partial charge on any atom is -0.459 e. The molecule has 0 N–H and O–H groups in total. The minimum atomic E-state index is -0.677. The number of nitrogens with zero attached hydrogens (tertiary/aromatic N) is 1. The first kappa shape index (κ1) is 11.9. The summed E-state index contributed by atoms with van der Waals surface area (Å²) in [5.74, 6) is -0.677. The van der Waals surface area contributed by atoms with E-state index < -0.39 is 10.9 Å². The van der Waals surface area contributed by atoms with Crippen LogP contribution in [0.4, 0.5) is 5.69 Å². The monoisotopic (exact) mass is 255 g/mol. The second-order valence-corrected chi connectivity index (χ2v) is 4.31. The molecular formula is C11H10ClNO4. The van der Waals surface area contributed by atoms with Gasteiger partial charge >= 0.3 is 5.97 Å². The Morgan fingerprint density at radius 1 is 1.47 bits per heavy atom. The minimum absolute atomic E-state index is 0.0885. The van der Waals surface area contributed by atoms with Gasteiger partial charge in [0.2, 0.25) is 0 Å². The number of nitro benzene ring substituents is 1. The zero-order valence-electron chi connectivity index (χ0n) is 8.89. The number of ether oxygens (including phenoxy) is 1. The van der Waals surface area contributed by atoms with Gasteiger partial charge in [-0.05, 0) is 31.4 Å². The Hall–Kier alpha value is -1.62. The number of carbonyl (C=O) groups is 1. The smallest absolute Gasteiger partial charge is 0.345 e. The topological polar surface area (TPSA) is 69.4 Å². The zero-order valence-corrected chi connectivity index (χ0v) is 9.64. The van der Waals surface area contributed by atoms with Crippen LogP contribution in [0.2, 0.25) is 5.02 Å². The van der Waals surface area contributed by atoms with Crippen molar-refractivity contribution in [3.63, 3.8) is 0 Å². The van der Waals surface area contributed by atoms with E-state index in [0.29, 0.717) is 0 Å². The van der Waals surface area contributed by atoms with Gasteiger partial charge in [0.05, 0.1) is 4.92 Å². The molecule has 5 nitrogen and oxygen atoms in total. The Morgan fingerprint density at radius 3 is 2.71 bits per heavy atom. The van der Waals surface area contributed by atoms with Crippen LogP contribution in [0.3, 0.4) is 0 Å². The molecule has 0 heterocycles. The van der Waals surface area contributed by atoms with E-state index in [4.69, 9.17) is 16.3 Å². The Bertz CT molecular complexity index is 471. The fourth-order valence-electron chi connectivity index (χ4n) is 1.53. The van der Waals surface area contributed by atoms with E-state index in [1.54, 1.807) is 0 Å². The lowest BCUT2D eigenvalue weighted by atomic mass is 9.96. The maximum atomic E-state index is 11.7. The van der Waals surface area contributed by atoms with Crippen molar-refractivity contribution < 1.29 is 14.5 Å². The quantitative estimate of drug-likeness (QED) is 0.473. The fourth-order valence-corrected chi connectivity index (χ4v) is 1.71. The third-order valence-corrected chi connectivity index (χ3v) is 2.94. The van der Waals surface area contributed by atoms with Gasteiger partial charge in [0.1, 0.15) is 11.7 Å². The average Bonchev–Trinajstić information content (AvgIpc) is 2.22. The molecule has 0 radical (unpaired) electrons. The first-order valence-electron chi connectivity index (χ1n) is 5.23. The van der Waals surface area contributed by atoms with Crippen molar-refractivity contribution in [2.75, 3.05) is 0 Å². The van der Waals surface area contributed by atoms with Gasteiger partial charge in [0, 0.05) is 11.1 Å². The van der Waals surface area contributed by atoms with Crippen LogP contribution >= 0.6 is 11.6 Å². The van der Waals surface area contributed by atoms with Gasteiger partial charge in [-0.2, -0.15) is 0 Å². The summed E-state index contributed by atoms with van der Waals surface area (Å²) in [7, 11) is 0. The number of halogens is 1. The first-order chi connectivity index (χ1) is 8.08. The molecular weight excluding hydrogens is 246 g/mol. The summed E-state index contributed by atoms with van der Waals surface area (Å²) in [5, 5.41) is 11.0. The van der Waals surface area contributed by atoms with Crippen molar-refractivity contribution in [3.05, 3.63) is 38.9 Å². The maximum absolute atomic E-state index is 11.7. The number of esters is 1. The van der Waals surface area contributed by atoms with Crippen molar-refractivity contribution in [3.8, 4) is 0 Å². The molecule has 1 aliphatic rings. The van der Waals surface area contributed by atoms with Crippen molar-refractivity contribution in [2.24, 2.45) is 0 Å². The summed E-state index contributed by atoms with van der Waals surface area (Å²) in [4.78, 5) is 21.9. The fraction of sp³-hybridized carbons (Fsp3) is 0.364. The number of carbonyl (C=O) groups excluding carboxylic acids is 1. The molecule has 2 rings (SSSR count). The molecule has 1 aromatic carbocycles. The summed E-state index contributed by atoms with van der Waals surface area (Å²) < 4.78 is 5.12. The van der Waals surface area contributed by atoms with E-state index in [0.717, 1.165) is 19.3 Å². The summed E-state index contributed by atoms with van der Waals surface area (Å²) in [6.07, 6.45) is 2.55. The molecule has 1 saturated carbocycles. The molecule has 90 valence electrons.